The van der Waals surface area contributed by atoms with Crippen LogP contribution in [0.25, 0.3) is 10.9 Å². The van der Waals surface area contributed by atoms with Crippen molar-refractivity contribution in [3.8, 4) is 0 Å². The number of nitrogens with zero attached hydrogens (tertiary/aromatic N) is 2. The van der Waals surface area contributed by atoms with Crippen molar-refractivity contribution < 1.29 is 8.42 Å². The highest BCUT2D eigenvalue weighted by molar-refractivity contribution is 7.91. The number of piperidine rings is 1. The minimum absolute atomic E-state index is 0.153. The van der Waals surface area contributed by atoms with E-state index < -0.39 is 9.84 Å². The Morgan fingerprint density at radius 2 is 1.92 bits per heavy atom. The molecule has 1 atom stereocenters. The third kappa shape index (κ3) is 3.15. The molecule has 1 aliphatic rings. The van der Waals surface area contributed by atoms with Crippen LogP contribution in [0.15, 0.2) is 58.5 Å². The molecule has 1 N–H and O–H groups in total. The normalized spacial score (nSPS) is 18.3. The van der Waals surface area contributed by atoms with Crippen LogP contribution >= 0.6 is 0 Å². The molecule has 0 spiro atoms. The van der Waals surface area contributed by atoms with Crippen LogP contribution in [0.4, 0.5) is 0 Å². The maximum absolute atomic E-state index is 13.2. The first-order valence-electron chi connectivity index (χ1n) is 9.04. The van der Waals surface area contributed by atoms with Gasteiger partial charge in [-0.25, -0.2) is 8.42 Å². The highest BCUT2D eigenvalue weighted by atomic mass is 32.2. The SMILES string of the molecule is Cc1ccc(S(=O)(=O)c2nn(CC3CCCNC3)c3ccccc23)cc1. The Labute approximate surface area is 154 Å². The van der Waals surface area contributed by atoms with Gasteiger partial charge in [0.05, 0.1) is 10.4 Å². The van der Waals surface area contributed by atoms with Crippen LogP contribution in [-0.2, 0) is 16.4 Å². The largest absolute Gasteiger partial charge is 0.316 e. The van der Waals surface area contributed by atoms with E-state index in [2.05, 4.69) is 10.4 Å². The molecule has 0 aliphatic carbocycles. The summed E-state index contributed by atoms with van der Waals surface area (Å²) >= 11 is 0. The zero-order chi connectivity index (χ0) is 18.1. The van der Waals surface area contributed by atoms with E-state index in [1.54, 1.807) is 12.1 Å². The molecule has 1 aromatic heterocycles. The second-order valence-corrected chi connectivity index (χ2v) is 8.90. The Balaban J connectivity index is 1.79. The van der Waals surface area contributed by atoms with Crippen LogP contribution in [0, 0.1) is 12.8 Å². The Hall–Kier alpha value is -2.18. The minimum atomic E-state index is -3.65. The van der Waals surface area contributed by atoms with Gasteiger partial charge in [-0.2, -0.15) is 5.10 Å². The average Bonchev–Trinajstić information content (AvgIpc) is 3.02. The summed E-state index contributed by atoms with van der Waals surface area (Å²) in [5, 5.41) is 8.81. The van der Waals surface area contributed by atoms with Gasteiger partial charge in [0, 0.05) is 11.9 Å². The van der Waals surface area contributed by atoms with E-state index in [0.717, 1.165) is 43.6 Å². The highest BCUT2D eigenvalue weighted by Crippen LogP contribution is 2.28. The Bertz CT molecular complexity index is 1020. The van der Waals surface area contributed by atoms with Gasteiger partial charge in [0.25, 0.3) is 0 Å². The number of para-hydroxylation sites is 1. The topological polar surface area (TPSA) is 64.0 Å². The molecule has 0 bridgehead atoms. The molecule has 2 aromatic carbocycles. The zero-order valence-corrected chi connectivity index (χ0v) is 15.7. The lowest BCUT2D eigenvalue weighted by atomic mass is 10.00. The summed E-state index contributed by atoms with van der Waals surface area (Å²) in [6, 6.07) is 14.5. The molecular formula is C20H23N3O2S. The van der Waals surface area contributed by atoms with Crippen molar-refractivity contribution in [3.05, 3.63) is 54.1 Å². The van der Waals surface area contributed by atoms with E-state index in [1.807, 2.05) is 48.0 Å². The Morgan fingerprint density at radius 1 is 1.15 bits per heavy atom. The summed E-state index contributed by atoms with van der Waals surface area (Å²) in [5.41, 5.74) is 1.91. The van der Waals surface area contributed by atoms with Gasteiger partial charge in [-0.15, -0.1) is 0 Å². The number of benzene rings is 2. The Kier molecular flexibility index (Phi) is 4.54. The quantitative estimate of drug-likeness (QED) is 0.767. The maximum atomic E-state index is 13.2. The summed E-state index contributed by atoms with van der Waals surface area (Å²) in [6.07, 6.45) is 2.29. The first-order valence-corrected chi connectivity index (χ1v) is 10.5. The predicted octanol–water partition coefficient (Wildman–Crippen LogP) is 3.18. The Morgan fingerprint density at radius 3 is 2.65 bits per heavy atom. The maximum Gasteiger partial charge on any atom is 0.226 e. The van der Waals surface area contributed by atoms with Crippen LogP contribution in [0.2, 0.25) is 0 Å². The lowest BCUT2D eigenvalue weighted by molar-refractivity contribution is 0.327. The van der Waals surface area contributed by atoms with Gasteiger partial charge in [-0.1, -0.05) is 29.8 Å². The molecule has 1 fully saturated rings. The third-order valence-corrected chi connectivity index (χ3v) is 6.74. The van der Waals surface area contributed by atoms with E-state index in [-0.39, 0.29) is 9.92 Å². The molecule has 1 aliphatic heterocycles. The van der Waals surface area contributed by atoms with Gasteiger partial charge < -0.3 is 5.32 Å². The molecule has 0 saturated carbocycles. The number of nitrogens with one attached hydrogen (secondary N) is 1. The van der Waals surface area contributed by atoms with Crippen LogP contribution in [0.1, 0.15) is 18.4 Å². The van der Waals surface area contributed by atoms with Crippen molar-refractivity contribution >= 4 is 20.7 Å². The van der Waals surface area contributed by atoms with E-state index in [1.165, 1.54) is 0 Å². The van der Waals surface area contributed by atoms with Crippen molar-refractivity contribution in [2.75, 3.05) is 13.1 Å². The zero-order valence-electron chi connectivity index (χ0n) is 14.9. The fourth-order valence-corrected chi connectivity index (χ4v) is 4.97. The molecule has 0 amide bonds. The molecule has 136 valence electrons. The number of sulfone groups is 1. The van der Waals surface area contributed by atoms with Crippen molar-refractivity contribution in [1.29, 1.82) is 0 Å². The summed E-state index contributed by atoms with van der Waals surface area (Å²) in [5.74, 6) is 0.474. The predicted molar refractivity (Wildman–Crippen MR) is 102 cm³/mol. The van der Waals surface area contributed by atoms with Gasteiger partial charge in [-0.3, -0.25) is 4.68 Å². The number of fused-ring (bicyclic) bond motifs is 1. The van der Waals surface area contributed by atoms with Crippen LogP contribution in [0.5, 0.6) is 0 Å². The fourth-order valence-electron chi connectivity index (χ4n) is 3.59. The van der Waals surface area contributed by atoms with Crippen molar-refractivity contribution in [2.24, 2.45) is 5.92 Å². The number of hydrogen-bond acceptors (Lipinski definition) is 4. The molecule has 1 unspecified atom stereocenters. The summed E-state index contributed by atoms with van der Waals surface area (Å²) < 4.78 is 28.2. The number of hydrogen-bond donors (Lipinski definition) is 1. The smallest absolute Gasteiger partial charge is 0.226 e. The van der Waals surface area contributed by atoms with Crippen LogP contribution in [0.3, 0.4) is 0 Å². The first-order chi connectivity index (χ1) is 12.6. The van der Waals surface area contributed by atoms with E-state index in [4.69, 9.17) is 0 Å². The molecule has 2 heterocycles. The van der Waals surface area contributed by atoms with Gasteiger partial charge in [0.15, 0.2) is 5.03 Å². The number of rotatable bonds is 4. The lowest BCUT2D eigenvalue weighted by Gasteiger charge is -2.22. The van der Waals surface area contributed by atoms with E-state index in [9.17, 15) is 8.42 Å². The van der Waals surface area contributed by atoms with Crippen LogP contribution in [-0.4, -0.2) is 31.3 Å². The standard InChI is InChI=1S/C20H23N3O2S/c1-15-8-10-17(11-9-15)26(24,25)20-18-6-2-3-7-19(18)23(22-20)14-16-5-4-12-21-13-16/h2-3,6-11,16,21H,4-5,12-14H2,1H3. The average molecular weight is 369 g/mol. The lowest BCUT2D eigenvalue weighted by Crippen LogP contribution is -2.32. The van der Waals surface area contributed by atoms with Crippen molar-refractivity contribution in [1.82, 2.24) is 15.1 Å². The van der Waals surface area contributed by atoms with Gasteiger partial charge in [-0.05, 0) is 63.0 Å². The number of aryl methyl sites for hydroxylation is 1. The summed E-state index contributed by atoms with van der Waals surface area (Å²) in [4.78, 5) is 0.290. The second kappa shape index (κ2) is 6.85. The van der Waals surface area contributed by atoms with Crippen molar-refractivity contribution in [3.63, 3.8) is 0 Å². The van der Waals surface area contributed by atoms with Gasteiger partial charge in [0.1, 0.15) is 0 Å². The monoisotopic (exact) mass is 369 g/mol. The molecule has 26 heavy (non-hydrogen) atoms. The molecule has 0 radical (unpaired) electrons. The molecule has 4 rings (SSSR count). The van der Waals surface area contributed by atoms with Crippen molar-refractivity contribution in [2.45, 2.75) is 36.2 Å². The molecule has 5 nitrogen and oxygen atoms in total. The van der Waals surface area contributed by atoms with E-state index >= 15 is 0 Å². The van der Waals surface area contributed by atoms with Gasteiger partial charge >= 0.3 is 0 Å². The third-order valence-electron chi connectivity index (χ3n) is 5.04. The minimum Gasteiger partial charge on any atom is -0.316 e. The fraction of sp³-hybridized carbons (Fsp3) is 0.350. The summed E-state index contributed by atoms with van der Waals surface area (Å²) in [7, 11) is -3.65. The molecule has 6 heteroatoms. The first kappa shape index (κ1) is 17.2. The molecule has 1 saturated heterocycles. The molecule has 3 aromatic rings. The van der Waals surface area contributed by atoms with Crippen LogP contribution < -0.4 is 5.32 Å². The molecular weight excluding hydrogens is 346 g/mol. The number of aromatic nitrogens is 2. The van der Waals surface area contributed by atoms with E-state index in [0.29, 0.717) is 11.3 Å². The highest BCUT2D eigenvalue weighted by Gasteiger charge is 2.26. The van der Waals surface area contributed by atoms with Gasteiger partial charge in [0.2, 0.25) is 9.84 Å². The second-order valence-electron chi connectivity index (χ2n) is 7.03. The summed E-state index contributed by atoms with van der Waals surface area (Å²) in [6.45, 7) is 4.69.